The number of carbonyl (C=O) groups excluding carboxylic acids is 2. The van der Waals surface area contributed by atoms with Crippen molar-refractivity contribution in [2.75, 3.05) is 12.0 Å². The maximum absolute atomic E-state index is 13.7. The van der Waals surface area contributed by atoms with Crippen LogP contribution in [0.25, 0.3) is 21.9 Å². The van der Waals surface area contributed by atoms with Crippen molar-refractivity contribution in [1.82, 2.24) is 0 Å². The summed E-state index contributed by atoms with van der Waals surface area (Å²) < 4.78 is 28.6. The summed E-state index contributed by atoms with van der Waals surface area (Å²) in [6, 6.07) is 46.4. The van der Waals surface area contributed by atoms with Crippen LogP contribution in [0.5, 0.6) is 0 Å². The van der Waals surface area contributed by atoms with Gasteiger partial charge in [0.1, 0.15) is 0 Å². The van der Waals surface area contributed by atoms with Gasteiger partial charge in [-0.15, -0.1) is 0 Å². The molecule has 6 aromatic rings. The fourth-order valence-corrected chi connectivity index (χ4v) is 6.78. The molecule has 48 heavy (non-hydrogen) atoms. The summed E-state index contributed by atoms with van der Waals surface area (Å²) in [5, 5.41) is 1.52. The van der Waals surface area contributed by atoms with E-state index in [4.69, 9.17) is 4.74 Å². The van der Waals surface area contributed by atoms with Crippen LogP contribution < -0.4 is 4.90 Å². The number of hydrogen-bond acceptors (Lipinski definition) is 5. The summed E-state index contributed by atoms with van der Waals surface area (Å²) in [5.74, 6) is -1.27. The number of ketones is 1. The SMILES string of the molecule is COC(=O)C(CC(=O)c1cccc(N(Cc2ccc(-c3ccccc3)cc2)c2ccc3ccccc3c2S(=O)O)c1)Cc1ccccc1. The number of hydrogen-bond donors (Lipinski definition) is 1. The molecule has 2 atom stereocenters. The average Bonchev–Trinajstić information content (AvgIpc) is 3.13. The second-order valence-electron chi connectivity index (χ2n) is 11.6. The minimum atomic E-state index is -2.30. The van der Waals surface area contributed by atoms with Gasteiger partial charge in [0, 0.05) is 29.6 Å². The van der Waals surface area contributed by atoms with Crippen molar-refractivity contribution in [3.05, 3.63) is 162 Å². The van der Waals surface area contributed by atoms with Gasteiger partial charge >= 0.3 is 5.97 Å². The quantitative estimate of drug-likeness (QED) is 0.0806. The first kappa shape index (κ1) is 32.6. The average molecular weight is 654 g/mol. The molecule has 0 heterocycles. The first-order chi connectivity index (χ1) is 23.4. The predicted molar refractivity (Wildman–Crippen MR) is 192 cm³/mol. The van der Waals surface area contributed by atoms with E-state index >= 15 is 0 Å². The lowest BCUT2D eigenvalue weighted by molar-refractivity contribution is -0.145. The van der Waals surface area contributed by atoms with Gasteiger partial charge in [0.05, 0.1) is 23.6 Å². The molecule has 0 aliphatic carbocycles. The van der Waals surface area contributed by atoms with Crippen LogP contribution >= 0.6 is 0 Å². The number of fused-ring (bicyclic) bond motifs is 1. The molecule has 0 saturated carbocycles. The fourth-order valence-electron chi connectivity index (χ4n) is 6.05. The molecule has 0 aliphatic heterocycles. The Bertz CT molecular complexity index is 2060. The van der Waals surface area contributed by atoms with Crippen LogP contribution in [0.3, 0.4) is 0 Å². The van der Waals surface area contributed by atoms with E-state index in [0.29, 0.717) is 40.2 Å². The van der Waals surface area contributed by atoms with E-state index < -0.39 is 23.0 Å². The van der Waals surface area contributed by atoms with Gasteiger partial charge < -0.3 is 14.2 Å². The van der Waals surface area contributed by atoms with E-state index in [1.54, 1.807) is 18.2 Å². The molecule has 0 fully saturated rings. The summed E-state index contributed by atoms with van der Waals surface area (Å²) in [6.45, 7) is 0.369. The van der Waals surface area contributed by atoms with Crippen LogP contribution in [0.2, 0.25) is 0 Å². The summed E-state index contributed by atoms with van der Waals surface area (Å²) in [6.07, 6.45) is 0.362. The topological polar surface area (TPSA) is 83.9 Å². The van der Waals surface area contributed by atoms with Crippen molar-refractivity contribution in [2.45, 2.75) is 24.3 Å². The largest absolute Gasteiger partial charge is 0.469 e. The van der Waals surface area contributed by atoms with Gasteiger partial charge in [-0.3, -0.25) is 9.59 Å². The highest BCUT2D eigenvalue weighted by Gasteiger charge is 2.25. The van der Waals surface area contributed by atoms with Crippen molar-refractivity contribution >= 4 is 45.0 Å². The second-order valence-corrected chi connectivity index (χ2v) is 12.5. The lowest BCUT2D eigenvalue weighted by atomic mass is 9.92. The lowest BCUT2D eigenvalue weighted by Gasteiger charge is -2.28. The van der Waals surface area contributed by atoms with Crippen LogP contribution in [0.1, 0.15) is 27.9 Å². The van der Waals surface area contributed by atoms with Crippen molar-refractivity contribution < 1.29 is 23.1 Å². The van der Waals surface area contributed by atoms with E-state index in [1.165, 1.54) is 7.11 Å². The Labute approximate surface area is 282 Å². The van der Waals surface area contributed by atoms with Crippen LogP contribution in [0.15, 0.2) is 150 Å². The molecule has 6 aromatic carbocycles. The molecule has 2 unspecified atom stereocenters. The Morgan fingerprint density at radius 3 is 2.10 bits per heavy atom. The molecule has 0 radical (unpaired) electrons. The van der Waals surface area contributed by atoms with E-state index in [9.17, 15) is 18.4 Å². The van der Waals surface area contributed by atoms with Crippen molar-refractivity contribution in [2.24, 2.45) is 5.92 Å². The minimum Gasteiger partial charge on any atom is -0.469 e. The maximum atomic E-state index is 13.7. The van der Waals surface area contributed by atoms with Crippen molar-refractivity contribution in [1.29, 1.82) is 0 Å². The molecule has 0 aromatic heterocycles. The Morgan fingerprint density at radius 2 is 1.40 bits per heavy atom. The zero-order valence-corrected chi connectivity index (χ0v) is 27.3. The van der Waals surface area contributed by atoms with Gasteiger partial charge in [-0.1, -0.05) is 127 Å². The number of carbonyl (C=O) groups is 2. The third-order valence-electron chi connectivity index (χ3n) is 8.50. The lowest BCUT2D eigenvalue weighted by Crippen LogP contribution is -2.23. The van der Waals surface area contributed by atoms with E-state index in [2.05, 4.69) is 24.3 Å². The molecule has 240 valence electrons. The zero-order valence-electron chi connectivity index (χ0n) is 26.5. The van der Waals surface area contributed by atoms with Crippen LogP contribution in [0.4, 0.5) is 11.4 Å². The first-order valence-corrected chi connectivity index (χ1v) is 16.8. The van der Waals surface area contributed by atoms with Gasteiger partial charge in [-0.2, -0.15) is 0 Å². The van der Waals surface area contributed by atoms with Crippen molar-refractivity contribution in [3.8, 4) is 11.1 Å². The highest BCUT2D eigenvalue weighted by molar-refractivity contribution is 7.79. The van der Waals surface area contributed by atoms with Gasteiger partial charge in [0.25, 0.3) is 0 Å². The van der Waals surface area contributed by atoms with Gasteiger partial charge in [-0.25, -0.2) is 4.21 Å². The Balaban J connectivity index is 1.38. The molecule has 0 spiro atoms. The Kier molecular flexibility index (Phi) is 10.2. The Hall–Kier alpha value is -5.37. The molecule has 0 aliphatic rings. The van der Waals surface area contributed by atoms with Gasteiger partial charge in [-0.05, 0) is 52.3 Å². The molecule has 0 bridgehead atoms. The molecule has 0 amide bonds. The smallest absolute Gasteiger partial charge is 0.309 e. The monoisotopic (exact) mass is 653 g/mol. The molecule has 6 nitrogen and oxygen atoms in total. The minimum absolute atomic E-state index is 0.0200. The zero-order chi connectivity index (χ0) is 33.5. The van der Waals surface area contributed by atoms with Gasteiger partial charge in [0.15, 0.2) is 16.9 Å². The number of rotatable bonds is 12. The van der Waals surface area contributed by atoms with Crippen LogP contribution in [-0.2, 0) is 33.6 Å². The maximum Gasteiger partial charge on any atom is 0.309 e. The summed E-state index contributed by atoms with van der Waals surface area (Å²) in [4.78, 5) is 28.7. The summed E-state index contributed by atoms with van der Waals surface area (Å²) >= 11 is -2.30. The van der Waals surface area contributed by atoms with Gasteiger partial charge in [0.2, 0.25) is 0 Å². The first-order valence-electron chi connectivity index (χ1n) is 15.7. The summed E-state index contributed by atoms with van der Waals surface area (Å²) in [5.41, 5.74) is 5.78. The molecule has 0 saturated heterocycles. The third-order valence-corrected chi connectivity index (χ3v) is 9.28. The number of methoxy groups -OCH3 is 1. The molecule has 7 heteroatoms. The summed E-state index contributed by atoms with van der Waals surface area (Å²) in [7, 11) is 1.34. The second kappa shape index (κ2) is 15.0. The number of Topliss-reactive ketones (excluding diaryl/α,β-unsaturated/α-hetero) is 1. The van der Waals surface area contributed by atoms with Crippen molar-refractivity contribution in [3.63, 3.8) is 0 Å². The normalized spacial score (nSPS) is 12.3. The number of benzene rings is 6. The Morgan fingerprint density at radius 1 is 0.729 bits per heavy atom. The van der Waals surface area contributed by atoms with Crippen LogP contribution in [-0.4, -0.2) is 27.6 Å². The van der Waals surface area contributed by atoms with E-state index in [0.717, 1.165) is 27.6 Å². The molecular formula is C41H35NO5S. The number of ether oxygens (including phenoxy) is 1. The number of nitrogens with zero attached hydrogens (tertiary/aromatic N) is 1. The highest BCUT2D eigenvalue weighted by Crippen LogP contribution is 2.37. The standard InChI is InChI=1S/C41H35NO5S/c1-47-41(44)35(25-29-11-4-2-5-12-29)27-39(43)34-16-10-17-36(26-34)42(28-30-19-21-32(22-20-30)31-13-6-3-7-14-31)38-24-23-33-15-8-9-18-37(33)40(38)48(45)46/h2-24,26,35H,25,27-28H2,1H3,(H,45,46). The van der Waals surface area contributed by atoms with E-state index in [-0.39, 0.29) is 12.2 Å². The highest BCUT2D eigenvalue weighted by atomic mass is 32.2. The fraction of sp³-hybridized carbons (Fsp3) is 0.122. The number of esters is 1. The molecule has 1 N–H and O–H groups in total. The molecule has 6 rings (SSSR count). The third kappa shape index (κ3) is 7.44. The molecular weight excluding hydrogens is 619 g/mol. The van der Waals surface area contributed by atoms with Crippen LogP contribution in [0, 0.1) is 5.92 Å². The van der Waals surface area contributed by atoms with E-state index in [1.807, 2.05) is 108 Å². The number of anilines is 2. The predicted octanol–water partition coefficient (Wildman–Crippen LogP) is 9.03.